The molecule has 3 aromatic carbocycles. The molecule has 0 radical (unpaired) electrons. The molecule has 230 valence electrons. The number of hydrogen-bond acceptors (Lipinski definition) is 8. The third-order valence-electron chi connectivity index (χ3n) is 6.77. The lowest BCUT2D eigenvalue weighted by atomic mass is 10.0. The minimum absolute atomic E-state index is 0.163. The van der Waals surface area contributed by atoms with Crippen LogP contribution in [0.4, 0.5) is 4.79 Å². The second-order valence-electron chi connectivity index (χ2n) is 11.3. The SMILES string of the molecule is COC(=O)C(NC(=O)OC(C)(C)C)C1OC(COCc2ccccc2)C(OCc2ccccc2)C1OCc1ccccc1. The Balaban J connectivity index is 1.61. The number of hydrogen-bond donors (Lipinski definition) is 1. The highest BCUT2D eigenvalue weighted by molar-refractivity contribution is 5.82. The van der Waals surface area contributed by atoms with Crippen molar-refractivity contribution in [2.24, 2.45) is 0 Å². The van der Waals surface area contributed by atoms with Gasteiger partial charge in [0.1, 0.15) is 30.0 Å². The summed E-state index contributed by atoms with van der Waals surface area (Å²) in [6, 6.07) is 28.0. The molecule has 0 aliphatic carbocycles. The fourth-order valence-corrected chi connectivity index (χ4v) is 4.79. The average molecular weight is 592 g/mol. The summed E-state index contributed by atoms with van der Waals surface area (Å²) in [5.41, 5.74) is 2.13. The van der Waals surface area contributed by atoms with E-state index in [4.69, 9.17) is 28.4 Å². The third-order valence-corrected chi connectivity index (χ3v) is 6.77. The first-order chi connectivity index (χ1) is 20.7. The van der Waals surface area contributed by atoms with E-state index in [0.29, 0.717) is 6.61 Å². The predicted molar refractivity (Wildman–Crippen MR) is 160 cm³/mol. The van der Waals surface area contributed by atoms with E-state index < -0.39 is 48.1 Å². The molecule has 1 fully saturated rings. The van der Waals surface area contributed by atoms with Gasteiger partial charge in [0.2, 0.25) is 0 Å². The Labute approximate surface area is 253 Å². The van der Waals surface area contributed by atoms with E-state index in [9.17, 15) is 9.59 Å². The van der Waals surface area contributed by atoms with Crippen LogP contribution in [0.2, 0.25) is 0 Å². The van der Waals surface area contributed by atoms with Crippen LogP contribution in [0.15, 0.2) is 91.0 Å². The van der Waals surface area contributed by atoms with Gasteiger partial charge in [0.15, 0.2) is 6.04 Å². The summed E-state index contributed by atoms with van der Waals surface area (Å²) >= 11 is 0. The van der Waals surface area contributed by atoms with Gasteiger partial charge in [-0.05, 0) is 37.5 Å². The molecule has 5 unspecified atom stereocenters. The number of alkyl carbamates (subject to hydrolysis) is 1. The quantitative estimate of drug-likeness (QED) is 0.271. The minimum atomic E-state index is -1.23. The Morgan fingerprint density at radius 3 is 1.74 bits per heavy atom. The minimum Gasteiger partial charge on any atom is -0.467 e. The summed E-state index contributed by atoms with van der Waals surface area (Å²) < 4.78 is 36.0. The van der Waals surface area contributed by atoms with Gasteiger partial charge in [-0.2, -0.15) is 0 Å². The Morgan fingerprint density at radius 2 is 1.26 bits per heavy atom. The highest BCUT2D eigenvalue weighted by atomic mass is 16.6. The maximum atomic E-state index is 13.1. The van der Waals surface area contributed by atoms with Crippen molar-refractivity contribution in [2.45, 2.75) is 76.7 Å². The first-order valence-corrected chi connectivity index (χ1v) is 14.4. The molecule has 5 atom stereocenters. The summed E-state index contributed by atoms with van der Waals surface area (Å²) in [5, 5.41) is 2.65. The second kappa shape index (κ2) is 15.6. The van der Waals surface area contributed by atoms with E-state index in [1.807, 2.05) is 91.0 Å². The van der Waals surface area contributed by atoms with Gasteiger partial charge in [-0.3, -0.25) is 0 Å². The molecule has 1 amide bonds. The van der Waals surface area contributed by atoms with E-state index in [1.54, 1.807) is 20.8 Å². The van der Waals surface area contributed by atoms with Crippen LogP contribution in [0.3, 0.4) is 0 Å². The summed E-state index contributed by atoms with van der Waals surface area (Å²) in [5.74, 6) is -0.697. The number of carbonyl (C=O) groups excluding carboxylic acids is 2. The summed E-state index contributed by atoms with van der Waals surface area (Å²) in [6.07, 6.45) is -3.77. The fraction of sp³-hybridized carbons (Fsp3) is 0.412. The van der Waals surface area contributed by atoms with Gasteiger partial charge < -0.3 is 33.7 Å². The molecule has 1 saturated heterocycles. The van der Waals surface area contributed by atoms with Crippen molar-refractivity contribution in [1.29, 1.82) is 0 Å². The van der Waals surface area contributed by atoms with E-state index in [0.717, 1.165) is 16.7 Å². The molecule has 1 N–H and O–H groups in total. The number of carbonyl (C=O) groups is 2. The molecule has 0 aromatic heterocycles. The fourth-order valence-electron chi connectivity index (χ4n) is 4.79. The molecule has 0 spiro atoms. The topological polar surface area (TPSA) is 102 Å². The molecule has 1 aliphatic rings. The molecule has 43 heavy (non-hydrogen) atoms. The smallest absolute Gasteiger partial charge is 0.408 e. The summed E-state index contributed by atoms with van der Waals surface area (Å²) in [6.45, 7) is 6.26. The van der Waals surface area contributed by atoms with Crippen molar-refractivity contribution in [3.63, 3.8) is 0 Å². The zero-order chi connectivity index (χ0) is 30.7. The lowest BCUT2D eigenvalue weighted by molar-refractivity contribution is -0.151. The number of benzene rings is 3. The first-order valence-electron chi connectivity index (χ1n) is 14.4. The molecule has 9 heteroatoms. The van der Waals surface area contributed by atoms with Crippen LogP contribution in [-0.4, -0.2) is 61.8 Å². The van der Waals surface area contributed by atoms with Gasteiger partial charge in [-0.25, -0.2) is 9.59 Å². The van der Waals surface area contributed by atoms with Crippen molar-refractivity contribution >= 4 is 12.1 Å². The van der Waals surface area contributed by atoms with Crippen molar-refractivity contribution in [3.05, 3.63) is 108 Å². The van der Waals surface area contributed by atoms with Gasteiger partial charge >= 0.3 is 12.1 Å². The Kier molecular flexibility index (Phi) is 11.7. The lowest BCUT2D eigenvalue weighted by Gasteiger charge is -2.29. The van der Waals surface area contributed by atoms with Gasteiger partial charge in [-0.15, -0.1) is 0 Å². The molecule has 0 saturated carbocycles. The van der Waals surface area contributed by atoms with Crippen LogP contribution in [0.25, 0.3) is 0 Å². The molecular weight excluding hydrogens is 550 g/mol. The lowest BCUT2D eigenvalue weighted by Crippen LogP contribution is -2.55. The molecule has 1 heterocycles. The van der Waals surface area contributed by atoms with E-state index in [1.165, 1.54) is 7.11 Å². The standard InChI is InChI=1S/C34H41NO8/c1-34(2,3)43-33(37)35-28(32(36)38-4)30-31(41-22-26-18-12-7-13-19-26)29(40-21-25-16-10-6-11-17-25)27(42-30)23-39-20-24-14-8-5-9-15-24/h5-19,27-31H,20-23H2,1-4H3,(H,35,37). The monoisotopic (exact) mass is 591 g/mol. The number of nitrogens with one attached hydrogen (secondary N) is 1. The number of esters is 1. The van der Waals surface area contributed by atoms with Crippen LogP contribution in [0.1, 0.15) is 37.5 Å². The highest BCUT2D eigenvalue weighted by Gasteiger charge is 2.52. The van der Waals surface area contributed by atoms with Gasteiger partial charge in [0, 0.05) is 0 Å². The summed E-state index contributed by atoms with van der Waals surface area (Å²) in [7, 11) is 1.25. The van der Waals surface area contributed by atoms with Gasteiger partial charge in [0.25, 0.3) is 0 Å². The predicted octanol–water partition coefficient (Wildman–Crippen LogP) is 5.21. The number of rotatable bonds is 13. The van der Waals surface area contributed by atoms with Gasteiger partial charge in [-0.1, -0.05) is 91.0 Å². The molecule has 1 aliphatic heterocycles. The molecule has 4 rings (SSSR count). The van der Waals surface area contributed by atoms with E-state index >= 15 is 0 Å². The summed E-state index contributed by atoms with van der Waals surface area (Å²) in [4.78, 5) is 26.0. The van der Waals surface area contributed by atoms with Gasteiger partial charge in [0.05, 0.1) is 33.5 Å². The van der Waals surface area contributed by atoms with Crippen molar-refractivity contribution < 1.29 is 38.0 Å². The van der Waals surface area contributed by atoms with Crippen molar-refractivity contribution in [1.82, 2.24) is 5.32 Å². The average Bonchev–Trinajstić information content (AvgIpc) is 3.34. The number of ether oxygens (including phenoxy) is 6. The molecular formula is C34H41NO8. The zero-order valence-electron chi connectivity index (χ0n) is 25.1. The number of amides is 1. The second-order valence-corrected chi connectivity index (χ2v) is 11.3. The maximum Gasteiger partial charge on any atom is 0.408 e. The molecule has 9 nitrogen and oxygen atoms in total. The molecule has 0 bridgehead atoms. The maximum absolute atomic E-state index is 13.1. The Hall–Kier alpha value is -3.76. The Morgan fingerprint density at radius 1 is 0.767 bits per heavy atom. The highest BCUT2D eigenvalue weighted by Crippen LogP contribution is 2.31. The Bertz CT molecular complexity index is 1270. The van der Waals surface area contributed by atoms with Crippen LogP contribution in [-0.2, 0) is 53.0 Å². The molecule has 3 aromatic rings. The van der Waals surface area contributed by atoms with E-state index in [2.05, 4.69) is 5.32 Å². The van der Waals surface area contributed by atoms with Crippen LogP contribution in [0.5, 0.6) is 0 Å². The van der Waals surface area contributed by atoms with Crippen LogP contribution < -0.4 is 5.32 Å². The largest absolute Gasteiger partial charge is 0.467 e. The number of methoxy groups -OCH3 is 1. The van der Waals surface area contributed by atoms with Crippen molar-refractivity contribution in [3.8, 4) is 0 Å². The first kappa shape index (κ1) is 32.2. The normalized spacial score (nSPS) is 20.7. The van der Waals surface area contributed by atoms with Crippen LogP contribution >= 0.6 is 0 Å². The van der Waals surface area contributed by atoms with Crippen molar-refractivity contribution in [2.75, 3.05) is 13.7 Å². The van der Waals surface area contributed by atoms with E-state index in [-0.39, 0.29) is 19.8 Å². The zero-order valence-corrected chi connectivity index (χ0v) is 25.1. The van der Waals surface area contributed by atoms with Crippen LogP contribution in [0, 0.1) is 0 Å². The third kappa shape index (κ3) is 9.90.